The molecule has 4 fully saturated rings. The molecule has 112 valence electrons. The lowest BCUT2D eigenvalue weighted by molar-refractivity contribution is -0.146. The smallest absolute Gasteiger partial charge is 0.226 e. The van der Waals surface area contributed by atoms with Crippen LogP contribution in [-0.2, 0) is 11.3 Å². The summed E-state index contributed by atoms with van der Waals surface area (Å²) in [5.41, 5.74) is 1.04. The Morgan fingerprint density at radius 3 is 2.33 bits per heavy atom. The van der Waals surface area contributed by atoms with Gasteiger partial charge in [0.15, 0.2) is 0 Å². The highest BCUT2D eigenvalue weighted by atomic mass is 35.5. The molecule has 21 heavy (non-hydrogen) atoms. The molecule has 0 saturated heterocycles. The van der Waals surface area contributed by atoms with Crippen LogP contribution in [0.2, 0.25) is 5.02 Å². The third kappa shape index (κ3) is 2.48. The van der Waals surface area contributed by atoms with Crippen molar-refractivity contribution in [3.05, 3.63) is 34.9 Å². The summed E-state index contributed by atoms with van der Waals surface area (Å²) in [4.78, 5) is 12.8. The Bertz CT molecular complexity index is 533. The minimum absolute atomic E-state index is 0.0483. The molecule has 0 heterocycles. The first-order valence-electron chi connectivity index (χ1n) is 8.16. The van der Waals surface area contributed by atoms with E-state index in [1.165, 1.54) is 19.3 Å². The summed E-state index contributed by atoms with van der Waals surface area (Å²) in [6.07, 6.45) is 7.50. The van der Waals surface area contributed by atoms with E-state index in [1.54, 1.807) is 0 Å². The largest absolute Gasteiger partial charge is 0.352 e. The average molecular weight is 304 g/mol. The monoisotopic (exact) mass is 303 g/mol. The van der Waals surface area contributed by atoms with Gasteiger partial charge >= 0.3 is 0 Å². The van der Waals surface area contributed by atoms with Gasteiger partial charge in [0.1, 0.15) is 0 Å². The van der Waals surface area contributed by atoms with Crippen LogP contribution in [-0.4, -0.2) is 5.91 Å². The van der Waals surface area contributed by atoms with E-state index < -0.39 is 0 Å². The number of hydrogen-bond donors (Lipinski definition) is 1. The molecule has 0 radical (unpaired) electrons. The Morgan fingerprint density at radius 2 is 1.76 bits per heavy atom. The van der Waals surface area contributed by atoms with Crippen molar-refractivity contribution in [2.45, 2.75) is 45.1 Å². The summed E-state index contributed by atoms with van der Waals surface area (Å²) in [6, 6.07) is 7.76. The topological polar surface area (TPSA) is 29.1 Å². The van der Waals surface area contributed by atoms with Gasteiger partial charge < -0.3 is 5.32 Å². The van der Waals surface area contributed by atoms with Gasteiger partial charge in [-0.1, -0.05) is 23.7 Å². The Balaban J connectivity index is 1.45. The van der Waals surface area contributed by atoms with Gasteiger partial charge in [0.25, 0.3) is 0 Å². The van der Waals surface area contributed by atoms with E-state index >= 15 is 0 Å². The lowest BCUT2D eigenvalue weighted by Crippen LogP contribution is -2.53. The van der Waals surface area contributed by atoms with Crippen LogP contribution in [0.15, 0.2) is 24.3 Å². The first kappa shape index (κ1) is 13.6. The molecule has 4 aliphatic carbocycles. The van der Waals surface area contributed by atoms with Crippen molar-refractivity contribution >= 4 is 17.5 Å². The van der Waals surface area contributed by atoms with Crippen LogP contribution in [0.1, 0.15) is 44.1 Å². The van der Waals surface area contributed by atoms with Gasteiger partial charge in [-0.15, -0.1) is 0 Å². The molecule has 5 rings (SSSR count). The van der Waals surface area contributed by atoms with Crippen molar-refractivity contribution in [1.82, 2.24) is 5.32 Å². The zero-order valence-corrected chi connectivity index (χ0v) is 13.0. The minimum atomic E-state index is -0.0483. The number of amides is 1. The number of carbonyl (C=O) groups is 1. The minimum Gasteiger partial charge on any atom is -0.352 e. The van der Waals surface area contributed by atoms with Crippen LogP contribution in [0.5, 0.6) is 0 Å². The molecule has 4 bridgehead atoms. The molecule has 3 heteroatoms. The Morgan fingerprint density at radius 1 is 1.14 bits per heavy atom. The molecule has 0 spiro atoms. The van der Waals surface area contributed by atoms with Crippen molar-refractivity contribution in [3.8, 4) is 0 Å². The maximum absolute atomic E-state index is 12.8. The zero-order chi connectivity index (χ0) is 14.4. The molecular formula is C18H22ClNO. The number of carbonyl (C=O) groups excluding carboxylic acids is 1. The summed E-state index contributed by atoms with van der Waals surface area (Å²) in [6.45, 7) is 0.598. The number of hydrogen-bond acceptors (Lipinski definition) is 1. The molecule has 1 N–H and O–H groups in total. The molecule has 1 aromatic rings. The van der Waals surface area contributed by atoms with E-state index in [0.717, 1.165) is 47.6 Å². The normalized spacial score (nSPS) is 36.7. The van der Waals surface area contributed by atoms with Crippen LogP contribution < -0.4 is 5.32 Å². The second-order valence-corrected chi connectivity index (χ2v) is 7.95. The predicted octanol–water partition coefficient (Wildman–Crippen LogP) is 4.17. The van der Waals surface area contributed by atoms with Gasteiger partial charge in [0.05, 0.1) is 0 Å². The summed E-state index contributed by atoms with van der Waals surface area (Å²) in [7, 11) is 0. The summed E-state index contributed by atoms with van der Waals surface area (Å²) >= 11 is 6.00. The third-order valence-corrected chi connectivity index (χ3v) is 6.10. The SMILES string of the molecule is O=C(NCc1cccc(Cl)c1)C12CC3CC(CC(C3)C1)C2. The Kier molecular flexibility index (Phi) is 3.25. The molecule has 0 atom stereocenters. The van der Waals surface area contributed by atoms with E-state index in [0.29, 0.717) is 12.5 Å². The number of benzene rings is 1. The van der Waals surface area contributed by atoms with Gasteiger partial charge in [-0.05, 0) is 74.0 Å². The van der Waals surface area contributed by atoms with E-state index in [1.807, 2.05) is 24.3 Å². The molecule has 4 saturated carbocycles. The number of nitrogens with one attached hydrogen (secondary N) is 1. The van der Waals surface area contributed by atoms with Crippen LogP contribution in [0.4, 0.5) is 0 Å². The fraction of sp³-hybridized carbons (Fsp3) is 0.611. The molecular weight excluding hydrogens is 282 g/mol. The quantitative estimate of drug-likeness (QED) is 0.892. The van der Waals surface area contributed by atoms with Gasteiger partial charge in [-0.3, -0.25) is 4.79 Å². The number of rotatable bonds is 3. The second-order valence-electron chi connectivity index (χ2n) is 7.51. The van der Waals surface area contributed by atoms with Crippen molar-refractivity contribution in [2.24, 2.45) is 23.2 Å². The molecule has 1 aromatic carbocycles. The highest BCUT2D eigenvalue weighted by Gasteiger charge is 2.54. The van der Waals surface area contributed by atoms with Crippen molar-refractivity contribution < 1.29 is 4.79 Å². The lowest BCUT2D eigenvalue weighted by Gasteiger charge is -2.55. The molecule has 0 aromatic heterocycles. The lowest BCUT2D eigenvalue weighted by atomic mass is 9.49. The standard InChI is InChI=1S/C18H22ClNO/c19-16-3-1-2-12(7-16)11-20-17(21)18-8-13-4-14(9-18)6-15(5-13)10-18/h1-3,7,13-15H,4-6,8-11H2,(H,20,21). The number of halogens is 1. The maximum Gasteiger partial charge on any atom is 0.226 e. The summed E-state index contributed by atoms with van der Waals surface area (Å²) < 4.78 is 0. The van der Waals surface area contributed by atoms with Gasteiger partial charge in [-0.2, -0.15) is 0 Å². The van der Waals surface area contributed by atoms with E-state index in [2.05, 4.69) is 5.32 Å². The highest BCUT2D eigenvalue weighted by Crippen LogP contribution is 2.60. The summed E-state index contributed by atoms with van der Waals surface area (Å²) in [5, 5.41) is 3.92. The van der Waals surface area contributed by atoms with Gasteiger partial charge in [0.2, 0.25) is 5.91 Å². The average Bonchev–Trinajstić information content (AvgIpc) is 2.43. The predicted molar refractivity (Wildman–Crippen MR) is 83.9 cm³/mol. The van der Waals surface area contributed by atoms with E-state index in [-0.39, 0.29) is 5.41 Å². The zero-order valence-electron chi connectivity index (χ0n) is 12.3. The van der Waals surface area contributed by atoms with Gasteiger partial charge in [0, 0.05) is 17.0 Å². The van der Waals surface area contributed by atoms with E-state index in [9.17, 15) is 4.79 Å². The Labute approximate surface area is 131 Å². The van der Waals surface area contributed by atoms with E-state index in [4.69, 9.17) is 11.6 Å². The first-order valence-corrected chi connectivity index (χ1v) is 8.53. The Hall–Kier alpha value is -1.02. The van der Waals surface area contributed by atoms with Crippen LogP contribution in [0, 0.1) is 23.2 Å². The third-order valence-electron chi connectivity index (χ3n) is 5.86. The molecule has 1 amide bonds. The molecule has 0 unspecified atom stereocenters. The van der Waals surface area contributed by atoms with Crippen molar-refractivity contribution in [3.63, 3.8) is 0 Å². The van der Waals surface area contributed by atoms with Crippen molar-refractivity contribution in [1.29, 1.82) is 0 Å². The molecule has 4 aliphatic rings. The fourth-order valence-electron chi connectivity index (χ4n) is 5.41. The summed E-state index contributed by atoms with van der Waals surface area (Å²) in [5.74, 6) is 2.73. The van der Waals surface area contributed by atoms with Crippen molar-refractivity contribution in [2.75, 3.05) is 0 Å². The van der Waals surface area contributed by atoms with Crippen LogP contribution in [0.25, 0.3) is 0 Å². The first-order chi connectivity index (χ1) is 10.1. The van der Waals surface area contributed by atoms with Gasteiger partial charge in [-0.25, -0.2) is 0 Å². The molecule has 0 aliphatic heterocycles. The molecule has 2 nitrogen and oxygen atoms in total. The van der Waals surface area contributed by atoms with Crippen LogP contribution in [0.3, 0.4) is 0 Å². The second kappa shape index (κ2) is 5.01. The highest BCUT2D eigenvalue weighted by molar-refractivity contribution is 6.30. The maximum atomic E-state index is 12.8. The van der Waals surface area contributed by atoms with Crippen LogP contribution >= 0.6 is 11.6 Å². The fourth-order valence-corrected chi connectivity index (χ4v) is 5.62.